The van der Waals surface area contributed by atoms with Crippen LogP contribution in [0.15, 0.2) is 0 Å². The van der Waals surface area contributed by atoms with Crippen LogP contribution < -0.4 is 0 Å². The fourth-order valence-electron chi connectivity index (χ4n) is 2.11. The molecule has 0 saturated heterocycles. The second-order valence-corrected chi connectivity index (χ2v) is 9.87. The summed E-state index contributed by atoms with van der Waals surface area (Å²) in [6.07, 6.45) is 12.4. The van der Waals surface area contributed by atoms with E-state index in [4.69, 9.17) is 9.16 Å². The zero-order valence-corrected chi connectivity index (χ0v) is 15.9. The number of unbranched alkanes of at least 4 members (excludes halogenated alkanes) is 8. The minimum Gasteiger partial charge on any atom is -0.421 e. The molecule has 0 amide bonds. The van der Waals surface area contributed by atoms with Gasteiger partial charge in [0.2, 0.25) is 0 Å². The average Bonchev–Trinajstić information content (AvgIpc) is 2.38. The molecule has 0 atom stereocenters. The molecular weight excluding hydrogens is 264 g/mol. The highest BCUT2D eigenvalue weighted by atomic mass is 28.2. The van der Waals surface area contributed by atoms with Crippen LogP contribution in [0.4, 0.5) is 0 Å². The van der Waals surface area contributed by atoms with Gasteiger partial charge in [-0.05, 0) is 11.5 Å². The lowest BCUT2D eigenvalue weighted by Crippen LogP contribution is -2.15. The van der Waals surface area contributed by atoms with Crippen LogP contribution in [-0.4, -0.2) is 29.6 Å². The molecule has 2 nitrogen and oxygen atoms in total. The van der Waals surface area contributed by atoms with Crippen LogP contribution in [-0.2, 0) is 9.16 Å². The highest BCUT2D eigenvalue weighted by Gasteiger charge is 2.10. The summed E-state index contributed by atoms with van der Waals surface area (Å²) in [7, 11) is -0.390. The highest BCUT2D eigenvalue weighted by molar-refractivity contribution is 6.31. The fraction of sp³-hybridized carbons (Fsp3) is 1.00. The summed E-state index contributed by atoms with van der Waals surface area (Å²) in [5.74, 6) is 0. The molecule has 3 heteroatoms. The van der Waals surface area contributed by atoms with Gasteiger partial charge in [-0.25, -0.2) is 0 Å². The van der Waals surface area contributed by atoms with Crippen molar-refractivity contribution in [3.63, 3.8) is 0 Å². The monoisotopic (exact) mass is 302 g/mol. The molecule has 0 saturated carbocycles. The van der Waals surface area contributed by atoms with Crippen molar-refractivity contribution in [3.8, 4) is 0 Å². The largest absolute Gasteiger partial charge is 0.421 e. The van der Waals surface area contributed by atoms with Crippen LogP contribution in [0.25, 0.3) is 0 Å². The molecule has 0 aliphatic rings. The lowest BCUT2D eigenvalue weighted by Gasteiger charge is -2.16. The summed E-state index contributed by atoms with van der Waals surface area (Å²) >= 11 is 0. The SMILES string of the molecule is CCCCCCCCCCCOCCO[SiH2]C(C)(C)C. The fourth-order valence-corrected chi connectivity index (χ4v) is 2.99. The first-order valence-electron chi connectivity index (χ1n) is 8.72. The first kappa shape index (κ1) is 20.1. The smallest absolute Gasteiger partial charge is 0.166 e. The van der Waals surface area contributed by atoms with E-state index < -0.39 is 9.76 Å². The quantitative estimate of drug-likeness (QED) is 0.337. The van der Waals surface area contributed by atoms with Crippen molar-refractivity contribution in [2.45, 2.75) is 90.5 Å². The minimum atomic E-state index is -0.390. The Hall–Kier alpha value is 0.137. The van der Waals surface area contributed by atoms with E-state index in [1.807, 2.05) is 0 Å². The van der Waals surface area contributed by atoms with Crippen molar-refractivity contribution in [2.75, 3.05) is 19.8 Å². The number of hydrogen-bond acceptors (Lipinski definition) is 2. The highest BCUT2D eigenvalue weighted by Crippen LogP contribution is 2.19. The van der Waals surface area contributed by atoms with Gasteiger partial charge in [0.1, 0.15) is 0 Å². The predicted molar refractivity (Wildman–Crippen MR) is 92.3 cm³/mol. The maximum atomic E-state index is 5.70. The van der Waals surface area contributed by atoms with Crippen LogP contribution in [0.5, 0.6) is 0 Å². The molecule has 0 rings (SSSR count). The van der Waals surface area contributed by atoms with Gasteiger partial charge in [-0.3, -0.25) is 0 Å². The summed E-state index contributed by atoms with van der Waals surface area (Å²) in [5, 5.41) is 0.400. The van der Waals surface area contributed by atoms with Crippen molar-refractivity contribution in [1.29, 1.82) is 0 Å². The third kappa shape index (κ3) is 18.1. The van der Waals surface area contributed by atoms with Crippen molar-refractivity contribution in [2.24, 2.45) is 0 Å². The van der Waals surface area contributed by atoms with Crippen molar-refractivity contribution >= 4 is 9.76 Å². The Labute approximate surface area is 130 Å². The minimum absolute atomic E-state index is 0.390. The van der Waals surface area contributed by atoms with Gasteiger partial charge in [0.05, 0.1) is 13.2 Å². The summed E-state index contributed by atoms with van der Waals surface area (Å²) in [6, 6.07) is 0. The van der Waals surface area contributed by atoms with Crippen LogP contribution >= 0.6 is 0 Å². The summed E-state index contributed by atoms with van der Waals surface area (Å²) in [5.41, 5.74) is 0. The van der Waals surface area contributed by atoms with Gasteiger partial charge in [0, 0.05) is 6.61 Å². The molecule has 0 aromatic heterocycles. The van der Waals surface area contributed by atoms with E-state index in [9.17, 15) is 0 Å². The zero-order chi connectivity index (χ0) is 15.1. The van der Waals surface area contributed by atoms with Gasteiger partial charge in [-0.1, -0.05) is 79.1 Å². The van der Waals surface area contributed by atoms with Gasteiger partial charge in [-0.2, -0.15) is 0 Å². The lowest BCUT2D eigenvalue weighted by atomic mass is 10.1. The van der Waals surface area contributed by atoms with Crippen molar-refractivity contribution < 1.29 is 9.16 Å². The van der Waals surface area contributed by atoms with E-state index in [-0.39, 0.29) is 0 Å². The lowest BCUT2D eigenvalue weighted by molar-refractivity contribution is 0.0972. The Kier molecular flexibility index (Phi) is 14.2. The Balaban J connectivity index is 2.99. The molecule has 0 heterocycles. The third-order valence-electron chi connectivity index (χ3n) is 3.30. The van der Waals surface area contributed by atoms with Crippen LogP contribution in [0.1, 0.15) is 85.5 Å². The maximum Gasteiger partial charge on any atom is 0.166 e. The van der Waals surface area contributed by atoms with E-state index >= 15 is 0 Å². The summed E-state index contributed by atoms with van der Waals surface area (Å²) in [4.78, 5) is 0. The second-order valence-electron chi connectivity index (χ2n) is 7.05. The van der Waals surface area contributed by atoms with Gasteiger partial charge in [0.15, 0.2) is 9.76 Å². The molecule has 0 aliphatic heterocycles. The van der Waals surface area contributed by atoms with E-state index in [1.165, 1.54) is 57.8 Å². The molecule has 0 unspecified atom stereocenters. The number of hydrogen-bond donors (Lipinski definition) is 0. The third-order valence-corrected chi connectivity index (χ3v) is 4.66. The number of ether oxygens (including phenoxy) is 1. The van der Waals surface area contributed by atoms with E-state index in [0.29, 0.717) is 5.04 Å². The van der Waals surface area contributed by atoms with E-state index in [1.54, 1.807) is 0 Å². The summed E-state index contributed by atoms with van der Waals surface area (Å²) in [6.45, 7) is 11.5. The van der Waals surface area contributed by atoms with E-state index in [2.05, 4.69) is 27.7 Å². The molecule has 122 valence electrons. The molecule has 0 aromatic rings. The van der Waals surface area contributed by atoms with E-state index in [0.717, 1.165) is 19.8 Å². The Morgan fingerprint density at radius 1 is 0.700 bits per heavy atom. The molecule has 20 heavy (non-hydrogen) atoms. The van der Waals surface area contributed by atoms with Crippen molar-refractivity contribution in [3.05, 3.63) is 0 Å². The predicted octanol–water partition coefficient (Wildman–Crippen LogP) is 4.85. The molecule has 0 spiro atoms. The average molecular weight is 303 g/mol. The van der Waals surface area contributed by atoms with Gasteiger partial charge >= 0.3 is 0 Å². The molecule has 0 aliphatic carbocycles. The van der Waals surface area contributed by atoms with Crippen LogP contribution in [0.3, 0.4) is 0 Å². The first-order chi connectivity index (χ1) is 9.56. The van der Waals surface area contributed by atoms with Gasteiger partial charge in [0.25, 0.3) is 0 Å². The molecule has 0 N–H and O–H groups in total. The number of rotatable bonds is 14. The zero-order valence-electron chi connectivity index (χ0n) is 14.5. The van der Waals surface area contributed by atoms with Crippen molar-refractivity contribution in [1.82, 2.24) is 0 Å². The first-order valence-corrected chi connectivity index (χ1v) is 10.00. The Morgan fingerprint density at radius 3 is 1.80 bits per heavy atom. The van der Waals surface area contributed by atoms with Gasteiger partial charge in [-0.15, -0.1) is 0 Å². The second kappa shape index (κ2) is 14.1. The standard InChI is InChI=1S/C17H38O2Si/c1-5-6-7-8-9-10-11-12-13-14-18-15-16-19-20-17(2,3)4/h5-16,20H2,1-4H3. The normalized spacial score (nSPS) is 12.6. The molecular formula is C17H38O2Si. The molecule has 0 bridgehead atoms. The van der Waals surface area contributed by atoms with Crippen LogP contribution in [0.2, 0.25) is 5.04 Å². The maximum absolute atomic E-state index is 5.70. The topological polar surface area (TPSA) is 18.5 Å². The summed E-state index contributed by atoms with van der Waals surface area (Å²) < 4.78 is 11.3. The molecule has 0 aromatic carbocycles. The molecule has 0 fully saturated rings. The van der Waals surface area contributed by atoms with Gasteiger partial charge < -0.3 is 9.16 Å². The Morgan fingerprint density at radius 2 is 1.25 bits per heavy atom. The molecule has 0 radical (unpaired) electrons. The van der Waals surface area contributed by atoms with Crippen LogP contribution in [0, 0.1) is 0 Å². The Bertz CT molecular complexity index is 190.